The lowest BCUT2D eigenvalue weighted by Gasteiger charge is -2.09. The summed E-state index contributed by atoms with van der Waals surface area (Å²) in [6.45, 7) is 3.06. The zero-order chi connectivity index (χ0) is 31.4. The molecule has 3 nitrogen and oxygen atoms in total. The smallest absolute Gasteiger partial charge is 0.343 e. The van der Waals surface area contributed by atoms with Gasteiger partial charge in [0.15, 0.2) is 0 Å². The van der Waals surface area contributed by atoms with Gasteiger partial charge in [0.05, 0.1) is 12.2 Å². The first-order valence-electron chi connectivity index (χ1n) is 17.7. The summed E-state index contributed by atoms with van der Waals surface area (Å²) in [5.74, 6) is 1.38. The van der Waals surface area contributed by atoms with Crippen LogP contribution in [0.5, 0.6) is 11.5 Å². The van der Waals surface area contributed by atoms with E-state index < -0.39 is 0 Å². The molecule has 3 aromatic rings. The highest BCUT2D eigenvalue weighted by molar-refractivity contribution is 5.91. The number of hydrogen-bond acceptors (Lipinski definition) is 3. The predicted molar refractivity (Wildman–Crippen MR) is 189 cm³/mol. The molecule has 1 aliphatic carbocycles. The largest absolute Gasteiger partial charge is 0.494 e. The molecule has 3 heteroatoms. The first-order chi connectivity index (χ1) is 22.2. The third-order valence-corrected chi connectivity index (χ3v) is 8.80. The lowest BCUT2D eigenvalue weighted by atomic mass is 10.00. The third kappa shape index (κ3) is 12.7. The van der Waals surface area contributed by atoms with Gasteiger partial charge in [0.1, 0.15) is 11.5 Å². The van der Waals surface area contributed by atoms with Crippen molar-refractivity contribution in [2.24, 2.45) is 0 Å². The number of benzene rings is 3. The first kappa shape index (κ1) is 34.3. The van der Waals surface area contributed by atoms with E-state index in [2.05, 4.69) is 31.2 Å². The van der Waals surface area contributed by atoms with E-state index in [1.165, 1.54) is 96.3 Å². The Labute approximate surface area is 272 Å². The van der Waals surface area contributed by atoms with Gasteiger partial charge in [0, 0.05) is 5.92 Å². The van der Waals surface area contributed by atoms with E-state index >= 15 is 0 Å². The highest BCUT2D eigenvalue weighted by Crippen LogP contribution is 2.26. The molecule has 0 heterocycles. The molecule has 0 aliphatic heterocycles. The number of esters is 1. The SMILES string of the molecule is CCCCCCCCCCCCCCCCCCOc1ccc(-c2ccc(OC(=O)c3ccc(C4C=CC=C4)cc3)cc2)cc1. The van der Waals surface area contributed by atoms with Gasteiger partial charge in [-0.3, -0.25) is 0 Å². The van der Waals surface area contributed by atoms with Crippen molar-refractivity contribution in [1.29, 1.82) is 0 Å². The fraction of sp³-hybridized carbons (Fsp3) is 0.452. The number of ether oxygens (including phenoxy) is 2. The van der Waals surface area contributed by atoms with Crippen LogP contribution < -0.4 is 9.47 Å². The van der Waals surface area contributed by atoms with Gasteiger partial charge in [0.25, 0.3) is 0 Å². The summed E-state index contributed by atoms with van der Waals surface area (Å²) in [5, 5.41) is 0. The zero-order valence-corrected chi connectivity index (χ0v) is 27.6. The summed E-state index contributed by atoms with van der Waals surface area (Å²) in [6.07, 6.45) is 30.4. The van der Waals surface area contributed by atoms with Crippen LogP contribution in [0, 0.1) is 0 Å². The first-order valence-corrected chi connectivity index (χ1v) is 17.7. The topological polar surface area (TPSA) is 35.5 Å². The lowest BCUT2D eigenvalue weighted by molar-refractivity contribution is 0.0734. The molecule has 45 heavy (non-hydrogen) atoms. The Bertz CT molecular complexity index is 1270. The van der Waals surface area contributed by atoms with E-state index in [0.717, 1.165) is 35.5 Å². The molecule has 0 N–H and O–H groups in total. The molecule has 1 aliphatic rings. The van der Waals surface area contributed by atoms with Crippen LogP contribution in [0.15, 0.2) is 97.1 Å². The van der Waals surface area contributed by atoms with Crippen molar-refractivity contribution < 1.29 is 14.3 Å². The zero-order valence-electron chi connectivity index (χ0n) is 27.6. The monoisotopic (exact) mass is 606 g/mol. The second kappa shape index (κ2) is 20.4. The number of rotatable bonds is 22. The molecule has 4 rings (SSSR count). The van der Waals surface area contributed by atoms with E-state index in [1.807, 2.05) is 72.8 Å². The van der Waals surface area contributed by atoms with Crippen molar-refractivity contribution in [1.82, 2.24) is 0 Å². The number of unbranched alkanes of at least 4 members (excludes halogenated alkanes) is 15. The van der Waals surface area contributed by atoms with Crippen molar-refractivity contribution in [3.8, 4) is 22.6 Å². The van der Waals surface area contributed by atoms with Gasteiger partial charge in [-0.1, -0.05) is 164 Å². The molecule has 0 unspecified atom stereocenters. The van der Waals surface area contributed by atoms with E-state index in [0.29, 0.717) is 11.3 Å². The van der Waals surface area contributed by atoms with E-state index in [-0.39, 0.29) is 11.9 Å². The van der Waals surface area contributed by atoms with Gasteiger partial charge in [0.2, 0.25) is 0 Å². The van der Waals surface area contributed by atoms with Crippen molar-refractivity contribution >= 4 is 5.97 Å². The van der Waals surface area contributed by atoms with Crippen LogP contribution >= 0.6 is 0 Å². The van der Waals surface area contributed by atoms with Gasteiger partial charge in [-0.05, 0) is 59.5 Å². The minimum atomic E-state index is -0.349. The molecule has 0 amide bonds. The van der Waals surface area contributed by atoms with Gasteiger partial charge < -0.3 is 9.47 Å². The van der Waals surface area contributed by atoms with Crippen LogP contribution in [0.25, 0.3) is 11.1 Å². The maximum Gasteiger partial charge on any atom is 0.343 e. The Morgan fingerprint density at radius 2 is 0.978 bits per heavy atom. The molecule has 0 saturated heterocycles. The Balaban J connectivity index is 1.03. The van der Waals surface area contributed by atoms with Crippen LogP contribution in [0.3, 0.4) is 0 Å². The van der Waals surface area contributed by atoms with Gasteiger partial charge >= 0.3 is 5.97 Å². The van der Waals surface area contributed by atoms with Crippen LogP contribution in [-0.4, -0.2) is 12.6 Å². The molecule has 0 radical (unpaired) electrons. The second-order valence-electron chi connectivity index (χ2n) is 12.5. The number of carbonyl (C=O) groups excluding carboxylic acids is 1. The van der Waals surface area contributed by atoms with E-state index in [4.69, 9.17) is 9.47 Å². The summed E-state index contributed by atoms with van der Waals surface area (Å²) in [5.41, 5.74) is 3.89. The standard InChI is InChI=1S/C42H54O3/c1-2-3-4-5-6-7-8-9-10-11-12-13-14-15-16-19-34-44-40-30-26-37(27-31-40)38-28-32-41(33-29-38)45-42(43)39-24-22-36(23-25-39)35-20-17-18-21-35/h17-18,20-33,35H,2-16,19,34H2,1H3. The molecule has 0 aromatic heterocycles. The number of allylic oxidation sites excluding steroid dienone is 4. The fourth-order valence-corrected chi connectivity index (χ4v) is 5.96. The highest BCUT2D eigenvalue weighted by Gasteiger charge is 2.12. The maximum atomic E-state index is 12.6. The van der Waals surface area contributed by atoms with Gasteiger partial charge in [-0.2, -0.15) is 0 Å². The molecule has 0 atom stereocenters. The minimum absolute atomic E-state index is 0.284. The Hall–Kier alpha value is -3.59. The van der Waals surface area contributed by atoms with Gasteiger partial charge in [-0.15, -0.1) is 0 Å². The predicted octanol–water partition coefficient (Wildman–Crippen LogP) is 12.4. The fourth-order valence-electron chi connectivity index (χ4n) is 5.96. The molecule has 3 aromatic carbocycles. The molecule has 0 spiro atoms. The van der Waals surface area contributed by atoms with Gasteiger partial charge in [-0.25, -0.2) is 4.79 Å². The Morgan fingerprint density at radius 1 is 0.533 bits per heavy atom. The molecule has 240 valence electrons. The van der Waals surface area contributed by atoms with Crippen LogP contribution in [0.2, 0.25) is 0 Å². The average molecular weight is 607 g/mol. The lowest BCUT2D eigenvalue weighted by Crippen LogP contribution is -2.08. The summed E-state index contributed by atoms with van der Waals surface area (Å²) < 4.78 is 11.6. The highest BCUT2D eigenvalue weighted by atomic mass is 16.5. The van der Waals surface area contributed by atoms with E-state index in [9.17, 15) is 4.79 Å². The molecule has 0 bridgehead atoms. The number of hydrogen-bond donors (Lipinski definition) is 0. The summed E-state index contributed by atoms with van der Waals surface area (Å²) in [4.78, 5) is 12.6. The van der Waals surface area contributed by atoms with Crippen molar-refractivity contribution in [3.05, 3.63) is 108 Å². The van der Waals surface area contributed by atoms with Crippen LogP contribution in [0.4, 0.5) is 0 Å². The Morgan fingerprint density at radius 3 is 1.47 bits per heavy atom. The number of carbonyl (C=O) groups is 1. The summed E-state index contributed by atoms with van der Waals surface area (Å²) in [6, 6.07) is 23.5. The third-order valence-electron chi connectivity index (χ3n) is 8.80. The molecular weight excluding hydrogens is 552 g/mol. The average Bonchev–Trinajstić information content (AvgIpc) is 3.62. The van der Waals surface area contributed by atoms with Crippen molar-refractivity contribution in [3.63, 3.8) is 0 Å². The van der Waals surface area contributed by atoms with Crippen LogP contribution in [0.1, 0.15) is 131 Å². The van der Waals surface area contributed by atoms with Crippen LogP contribution in [-0.2, 0) is 0 Å². The quantitative estimate of drug-likeness (QED) is 0.0648. The Kier molecular flexibility index (Phi) is 15.6. The van der Waals surface area contributed by atoms with Crippen molar-refractivity contribution in [2.75, 3.05) is 6.61 Å². The molecular formula is C42H54O3. The second-order valence-corrected chi connectivity index (χ2v) is 12.5. The minimum Gasteiger partial charge on any atom is -0.494 e. The maximum absolute atomic E-state index is 12.6. The summed E-state index contributed by atoms with van der Waals surface area (Å²) >= 11 is 0. The summed E-state index contributed by atoms with van der Waals surface area (Å²) in [7, 11) is 0. The van der Waals surface area contributed by atoms with Crippen molar-refractivity contribution in [2.45, 2.75) is 116 Å². The molecule has 0 saturated carbocycles. The normalized spacial score (nSPS) is 12.6. The molecule has 0 fully saturated rings. The van der Waals surface area contributed by atoms with E-state index in [1.54, 1.807) is 0 Å².